The average Bonchev–Trinajstić information content (AvgIpc) is 2.66. The van der Waals surface area contributed by atoms with E-state index in [-0.39, 0.29) is 24.0 Å². The van der Waals surface area contributed by atoms with Crippen LogP contribution in [0, 0.1) is 12.7 Å². The van der Waals surface area contributed by atoms with E-state index < -0.39 is 0 Å². The van der Waals surface area contributed by atoms with Gasteiger partial charge >= 0.3 is 0 Å². The molecule has 0 spiro atoms. The molecule has 0 aliphatic rings. The molecule has 5 nitrogen and oxygen atoms in total. The largest absolute Gasteiger partial charge is 0.366 e. The summed E-state index contributed by atoms with van der Waals surface area (Å²) >= 11 is 5.85. The lowest BCUT2D eigenvalue weighted by Gasteiger charge is -2.10. The Bertz CT molecular complexity index is 947. The molecule has 0 radical (unpaired) electrons. The zero-order valence-electron chi connectivity index (χ0n) is 14.7. The van der Waals surface area contributed by atoms with Crippen LogP contribution in [0.15, 0.2) is 54.6 Å². The summed E-state index contributed by atoms with van der Waals surface area (Å²) in [7, 11) is 0. The molecule has 0 aliphatic carbocycles. The minimum atomic E-state index is -0.315. The highest BCUT2D eigenvalue weighted by Gasteiger charge is 2.11. The fraction of sp³-hybridized carbons (Fsp3) is 0.150. The maximum atomic E-state index is 13.7. The second-order valence-corrected chi connectivity index (χ2v) is 6.38. The Labute approximate surface area is 161 Å². The minimum absolute atomic E-state index is 0.243. The molecule has 0 unspecified atom stereocenters. The fourth-order valence-electron chi connectivity index (χ4n) is 2.48. The molecular weight excluding hydrogens is 367 g/mol. The van der Waals surface area contributed by atoms with Gasteiger partial charge in [-0.05, 0) is 30.7 Å². The third kappa shape index (κ3) is 5.24. The first-order valence-corrected chi connectivity index (χ1v) is 8.74. The summed E-state index contributed by atoms with van der Waals surface area (Å²) in [6, 6.07) is 15.3. The lowest BCUT2D eigenvalue weighted by molar-refractivity contribution is 0.0945. The van der Waals surface area contributed by atoms with E-state index in [1.54, 1.807) is 43.3 Å². The highest BCUT2D eigenvalue weighted by Crippen LogP contribution is 2.12. The van der Waals surface area contributed by atoms with Crippen LogP contribution in [-0.2, 0) is 13.1 Å². The molecule has 3 rings (SSSR count). The van der Waals surface area contributed by atoms with Gasteiger partial charge in [0.1, 0.15) is 23.2 Å². The number of rotatable bonds is 6. The Hall–Kier alpha value is -2.99. The standard InChI is InChI=1S/C20H18ClFN4O/c1-13-25-18(20(27)24-11-14-6-8-16(21)9-7-14)10-19(26-13)23-12-15-4-2-3-5-17(15)22/h2-10H,11-12H2,1H3,(H,24,27)(H,23,25,26). The molecule has 0 saturated heterocycles. The quantitative estimate of drug-likeness (QED) is 0.671. The Balaban J connectivity index is 1.66. The number of aromatic nitrogens is 2. The molecule has 1 aromatic heterocycles. The molecule has 3 aromatic rings. The van der Waals surface area contributed by atoms with Crippen molar-refractivity contribution >= 4 is 23.3 Å². The number of hydrogen-bond donors (Lipinski definition) is 2. The Morgan fingerprint density at radius 2 is 1.81 bits per heavy atom. The molecule has 0 bridgehead atoms. The van der Waals surface area contributed by atoms with Gasteiger partial charge in [0.05, 0.1) is 0 Å². The SMILES string of the molecule is Cc1nc(NCc2ccccc2F)cc(C(=O)NCc2ccc(Cl)cc2)n1. The van der Waals surface area contributed by atoms with E-state index in [1.165, 1.54) is 6.07 Å². The highest BCUT2D eigenvalue weighted by atomic mass is 35.5. The molecule has 1 heterocycles. The van der Waals surface area contributed by atoms with E-state index in [9.17, 15) is 9.18 Å². The summed E-state index contributed by atoms with van der Waals surface area (Å²) in [5, 5.41) is 6.48. The molecule has 2 N–H and O–H groups in total. The van der Waals surface area contributed by atoms with Crippen LogP contribution < -0.4 is 10.6 Å². The van der Waals surface area contributed by atoms with E-state index in [1.807, 2.05) is 12.1 Å². The summed E-state index contributed by atoms with van der Waals surface area (Å²) in [5.41, 5.74) is 1.69. The van der Waals surface area contributed by atoms with Crippen molar-refractivity contribution in [3.8, 4) is 0 Å². The van der Waals surface area contributed by atoms with Gasteiger partial charge in [0.25, 0.3) is 5.91 Å². The normalized spacial score (nSPS) is 10.5. The van der Waals surface area contributed by atoms with Crippen LogP contribution in [0.4, 0.5) is 10.2 Å². The molecule has 0 atom stereocenters. The first-order valence-electron chi connectivity index (χ1n) is 8.37. The lowest BCUT2D eigenvalue weighted by Crippen LogP contribution is -2.24. The number of carbonyl (C=O) groups is 1. The smallest absolute Gasteiger partial charge is 0.270 e. The average molecular weight is 385 g/mol. The number of nitrogens with one attached hydrogen (secondary N) is 2. The van der Waals surface area contributed by atoms with Crippen molar-refractivity contribution in [3.05, 3.63) is 88.1 Å². The summed E-state index contributed by atoms with van der Waals surface area (Å²) in [6.45, 7) is 2.32. The summed E-state index contributed by atoms with van der Waals surface area (Å²) in [6.07, 6.45) is 0. The Morgan fingerprint density at radius 3 is 2.56 bits per heavy atom. The number of hydrogen-bond acceptors (Lipinski definition) is 4. The number of anilines is 1. The Morgan fingerprint density at radius 1 is 1.07 bits per heavy atom. The second kappa shape index (κ2) is 8.60. The van der Waals surface area contributed by atoms with E-state index in [4.69, 9.17) is 11.6 Å². The van der Waals surface area contributed by atoms with Crippen LogP contribution in [0.25, 0.3) is 0 Å². The predicted octanol–water partition coefficient (Wildman–Crippen LogP) is 4.12. The molecule has 0 saturated carbocycles. The first kappa shape index (κ1) is 18.8. The summed E-state index contributed by atoms with van der Waals surface area (Å²) in [4.78, 5) is 20.8. The van der Waals surface area contributed by atoms with Crippen LogP contribution in [0.1, 0.15) is 27.4 Å². The van der Waals surface area contributed by atoms with E-state index >= 15 is 0 Å². The molecular formula is C20H18ClFN4O. The van der Waals surface area contributed by atoms with Crippen molar-refractivity contribution in [2.45, 2.75) is 20.0 Å². The van der Waals surface area contributed by atoms with E-state index in [2.05, 4.69) is 20.6 Å². The molecule has 7 heteroatoms. The van der Waals surface area contributed by atoms with E-state index in [0.717, 1.165) is 5.56 Å². The number of carbonyl (C=O) groups excluding carboxylic acids is 1. The van der Waals surface area contributed by atoms with Crippen molar-refractivity contribution in [1.29, 1.82) is 0 Å². The third-order valence-electron chi connectivity index (χ3n) is 3.85. The predicted molar refractivity (Wildman–Crippen MR) is 103 cm³/mol. The molecule has 1 amide bonds. The molecule has 27 heavy (non-hydrogen) atoms. The van der Waals surface area contributed by atoms with Crippen molar-refractivity contribution in [2.24, 2.45) is 0 Å². The van der Waals surface area contributed by atoms with Crippen molar-refractivity contribution in [3.63, 3.8) is 0 Å². The maximum Gasteiger partial charge on any atom is 0.270 e. The van der Waals surface area contributed by atoms with Gasteiger partial charge in [-0.3, -0.25) is 4.79 Å². The second-order valence-electron chi connectivity index (χ2n) is 5.94. The Kier molecular flexibility index (Phi) is 5.98. The van der Waals surface area contributed by atoms with Crippen LogP contribution in [0.2, 0.25) is 5.02 Å². The zero-order valence-corrected chi connectivity index (χ0v) is 15.4. The number of halogens is 2. The molecule has 2 aromatic carbocycles. The number of aryl methyl sites for hydroxylation is 1. The van der Waals surface area contributed by atoms with Crippen LogP contribution in [0.3, 0.4) is 0 Å². The number of amides is 1. The van der Waals surface area contributed by atoms with Gasteiger partial charge < -0.3 is 10.6 Å². The van der Waals surface area contributed by atoms with Crippen molar-refractivity contribution in [2.75, 3.05) is 5.32 Å². The van der Waals surface area contributed by atoms with Gasteiger partial charge in [-0.1, -0.05) is 41.9 Å². The zero-order chi connectivity index (χ0) is 19.2. The van der Waals surface area contributed by atoms with Crippen LogP contribution in [0.5, 0.6) is 0 Å². The van der Waals surface area contributed by atoms with Gasteiger partial charge in [0, 0.05) is 29.7 Å². The van der Waals surface area contributed by atoms with Crippen LogP contribution >= 0.6 is 11.6 Å². The summed E-state index contributed by atoms with van der Waals surface area (Å²) in [5.74, 6) is 0.300. The van der Waals surface area contributed by atoms with Gasteiger partial charge in [0.2, 0.25) is 0 Å². The fourth-order valence-corrected chi connectivity index (χ4v) is 2.60. The first-order chi connectivity index (χ1) is 13.0. The number of nitrogens with zero attached hydrogens (tertiary/aromatic N) is 2. The van der Waals surface area contributed by atoms with Crippen molar-refractivity contribution < 1.29 is 9.18 Å². The van der Waals surface area contributed by atoms with Gasteiger partial charge in [-0.2, -0.15) is 0 Å². The monoisotopic (exact) mass is 384 g/mol. The van der Waals surface area contributed by atoms with Crippen LogP contribution in [-0.4, -0.2) is 15.9 Å². The third-order valence-corrected chi connectivity index (χ3v) is 4.11. The lowest BCUT2D eigenvalue weighted by atomic mass is 10.2. The summed E-state index contributed by atoms with van der Waals surface area (Å²) < 4.78 is 13.7. The molecule has 0 fully saturated rings. The maximum absolute atomic E-state index is 13.7. The van der Waals surface area contributed by atoms with Gasteiger partial charge in [0.15, 0.2) is 0 Å². The van der Waals surface area contributed by atoms with Gasteiger partial charge in [-0.25, -0.2) is 14.4 Å². The van der Waals surface area contributed by atoms with Crippen molar-refractivity contribution in [1.82, 2.24) is 15.3 Å². The topological polar surface area (TPSA) is 66.9 Å². The molecule has 0 aliphatic heterocycles. The molecule has 138 valence electrons. The minimum Gasteiger partial charge on any atom is -0.366 e. The van der Waals surface area contributed by atoms with E-state index in [0.29, 0.717) is 28.8 Å². The highest BCUT2D eigenvalue weighted by molar-refractivity contribution is 6.30. The number of benzene rings is 2. The van der Waals surface area contributed by atoms with Gasteiger partial charge in [-0.15, -0.1) is 0 Å².